The van der Waals surface area contributed by atoms with E-state index in [-0.39, 0.29) is 17.4 Å². The van der Waals surface area contributed by atoms with Crippen molar-refractivity contribution in [3.8, 4) is 5.75 Å². The van der Waals surface area contributed by atoms with Crippen molar-refractivity contribution in [2.24, 2.45) is 5.92 Å². The van der Waals surface area contributed by atoms with E-state index in [2.05, 4.69) is 6.92 Å². The first kappa shape index (κ1) is 20.7. The monoisotopic (exact) mass is 428 g/mol. The summed E-state index contributed by atoms with van der Waals surface area (Å²) >= 11 is 0. The molecule has 0 N–H and O–H groups in total. The average Bonchev–Trinajstić information content (AvgIpc) is 2.78. The molecule has 2 aromatic carbocycles. The van der Waals surface area contributed by atoms with Gasteiger partial charge in [-0.1, -0.05) is 25.1 Å². The van der Waals surface area contributed by atoms with Crippen molar-refractivity contribution in [1.82, 2.24) is 4.90 Å². The second-order valence-corrected chi connectivity index (χ2v) is 10.00. The molecule has 2 aliphatic heterocycles. The maximum Gasteiger partial charge on any atom is 0.264 e. The van der Waals surface area contributed by atoms with Crippen LogP contribution in [0.25, 0.3) is 0 Å². The fraction of sp³-hybridized carbons (Fsp3) is 0.435. The fourth-order valence-electron chi connectivity index (χ4n) is 4.08. The molecule has 2 aliphatic rings. The number of nitrogens with zero attached hydrogens (tertiary/aromatic N) is 2. The quantitative estimate of drug-likeness (QED) is 0.731. The van der Waals surface area contributed by atoms with Crippen molar-refractivity contribution in [2.75, 3.05) is 30.5 Å². The molecule has 160 valence electrons. The maximum atomic E-state index is 13.2. The molecule has 0 aliphatic carbocycles. The largest absolute Gasteiger partial charge is 0.484 e. The standard InChI is InChI=1S/C23H28N2O4S/c1-18-12-15-24(16-13-18)23(26)17-29-20-8-10-21(11-9-20)30(27,28)25-14-4-6-19-5-2-3-7-22(19)25/h2-3,5,7-11,18H,4,6,12-17H2,1H3. The van der Waals surface area contributed by atoms with E-state index in [9.17, 15) is 13.2 Å². The van der Waals surface area contributed by atoms with Crippen LogP contribution in [-0.2, 0) is 21.2 Å². The zero-order valence-corrected chi connectivity index (χ0v) is 18.1. The number of ether oxygens (including phenoxy) is 1. The lowest BCUT2D eigenvalue weighted by atomic mass is 9.99. The van der Waals surface area contributed by atoms with Crippen LogP contribution in [0.1, 0.15) is 31.7 Å². The van der Waals surface area contributed by atoms with E-state index in [0.717, 1.165) is 50.0 Å². The van der Waals surface area contributed by atoms with Crippen LogP contribution >= 0.6 is 0 Å². The molecule has 1 fully saturated rings. The lowest BCUT2D eigenvalue weighted by molar-refractivity contribution is -0.134. The Bertz CT molecular complexity index is 996. The van der Waals surface area contributed by atoms with Gasteiger partial charge in [-0.05, 0) is 67.5 Å². The van der Waals surface area contributed by atoms with Crippen molar-refractivity contribution in [3.05, 3.63) is 54.1 Å². The average molecular weight is 429 g/mol. The highest BCUT2D eigenvalue weighted by Gasteiger charge is 2.29. The number of piperidine rings is 1. The summed E-state index contributed by atoms with van der Waals surface area (Å²) in [6.07, 6.45) is 3.74. The number of rotatable bonds is 5. The van der Waals surface area contributed by atoms with Gasteiger partial charge < -0.3 is 9.64 Å². The number of hydrogen-bond donors (Lipinski definition) is 0. The summed E-state index contributed by atoms with van der Waals surface area (Å²) in [5, 5.41) is 0. The summed E-state index contributed by atoms with van der Waals surface area (Å²) in [6.45, 7) is 4.20. The molecule has 0 saturated carbocycles. The van der Waals surface area contributed by atoms with Crippen LogP contribution in [0.5, 0.6) is 5.75 Å². The SMILES string of the molecule is CC1CCN(C(=O)COc2ccc(S(=O)(=O)N3CCCc4ccccc43)cc2)CC1. The van der Waals surface area contributed by atoms with Gasteiger partial charge in [0.25, 0.3) is 15.9 Å². The number of carbonyl (C=O) groups is 1. The highest BCUT2D eigenvalue weighted by molar-refractivity contribution is 7.92. The van der Waals surface area contributed by atoms with E-state index in [4.69, 9.17) is 4.74 Å². The molecule has 4 rings (SSSR count). The van der Waals surface area contributed by atoms with Gasteiger partial charge in [0.05, 0.1) is 10.6 Å². The molecule has 2 aromatic rings. The normalized spacial score (nSPS) is 17.5. The van der Waals surface area contributed by atoms with Crippen LogP contribution < -0.4 is 9.04 Å². The summed E-state index contributed by atoms with van der Waals surface area (Å²) in [5.74, 6) is 1.13. The smallest absolute Gasteiger partial charge is 0.264 e. The molecule has 1 saturated heterocycles. The number of benzene rings is 2. The molecule has 0 radical (unpaired) electrons. The van der Waals surface area contributed by atoms with E-state index < -0.39 is 10.0 Å². The van der Waals surface area contributed by atoms with Crippen LogP contribution in [0.4, 0.5) is 5.69 Å². The summed E-state index contributed by atoms with van der Waals surface area (Å²) < 4.78 is 33.5. The summed E-state index contributed by atoms with van der Waals surface area (Å²) in [4.78, 5) is 14.4. The number of aryl methyl sites for hydroxylation is 1. The molecule has 0 unspecified atom stereocenters. The van der Waals surface area contributed by atoms with Gasteiger partial charge in [0.2, 0.25) is 0 Å². The van der Waals surface area contributed by atoms with Gasteiger partial charge in [-0.3, -0.25) is 9.10 Å². The fourth-order valence-corrected chi connectivity index (χ4v) is 5.62. The number of amides is 1. The molecule has 6 nitrogen and oxygen atoms in total. The van der Waals surface area contributed by atoms with E-state index >= 15 is 0 Å². The number of likely N-dealkylation sites (tertiary alicyclic amines) is 1. The molecule has 2 heterocycles. The second kappa shape index (κ2) is 8.68. The van der Waals surface area contributed by atoms with Crippen molar-refractivity contribution >= 4 is 21.6 Å². The first-order chi connectivity index (χ1) is 14.4. The molecule has 7 heteroatoms. The lowest BCUT2D eigenvalue weighted by Gasteiger charge is -2.30. The predicted molar refractivity (Wildman–Crippen MR) is 116 cm³/mol. The number of anilines is 1. The van der Waals surface area contributed by atoms with Gasteiger partial charge in [-0.15, -0.1) is 0 Å². The van der Waals surface area contributed by atoms with Crippen molar-refractivity contribution in [2.45, 2.75) is 37.5 Å². The third-order valence-corrected chi connectivity index (χ3v) is 7.81. The zero-order valence-electron chi connectivity index (χ0n) is 17.3. The van der Waals surface area contributed by atoms with E-state index in [0.29, 0.717) is 18.2 Å². The summed E-state index contributed by atoms with van der Waals surface area (Å²) in [5.41, 5.74) is 1.81. The Balaban J connectivity index is 1.42. The van der Waals surface area contributed by atoms with Crippen LogP contribution in [0.3, 0.4) is 0 Å². The van der Waals surface area contributed by atoms with Crippen LogP contribution in [0, 0.1) is 5.92 Å². The van der Waals surface area contributed by atoms with Crippen LogP contribution in [0.15, 0.2) is 53.4 Å². The molecular weight excluding hydrogens is 400 g/mol. The Kier molecular flexibility index (Phi) is 5.99. The van der Waals surface area contributed by atoms with Gasteiger partial charge in [-0.2, -0.15) is 0 Å². The second-order valence-electron chi connectivity index (χ2n) is 8.13. The Labute approximate surface area is 178 Å². The third-order valence-electron chi connectivity index (χ3n) is 5.98. The molecule has 0 bridgehead atoms. The molecule has 1 amide bonds. The molecule has 0 atom stereocenters. The number of carbonyl (C=O) groups excluding carboxylic acids is 1. The Morgan fingerprint density at radius 2 is 1.73 bits per heavy atom. The summed E-state index contributed by atoms with van der Waals surface area (Å²) in [6, 6.07) is 14.0. The minimum absolute atomic E-state index is 0.0245. The minimum atomic E-state index is -3.64. The van der Waals surface area contributed by atoms with E-state index in [1.807, 2.05) is 29.2 Å². The summed E-state index contributed by atoms with van der Waals surface area (Å²) in [7, 11) is -3.64. The van der Waals surface area contributed by atoms with Crippen molar-refractivity contribution < 1.29 is 17.9 Å². The van der Waals surface area contributed by atoms with Crippen molar-refractivity contribution in [3.63, 3.8) is 0 Å². The van der Waals surface area contributed by atoms with Gasteiger partial charge in [0.15, 0.2) is 6.61 Å². The molecule has 0 aromatic heterocycles. The number of sulfonamides is 1. The van der Waals surface area contributed by atoms with Gasteiger partial charge in [0, 0.05) is 19.6 Å². The number of hydrogen-bond acceptors (Lipinski definition) is 4. The van der Waals surface area contributed by atoms with E-state index in [1.54, 1.807) is 24.3 Å². The number of para-hydroxylation sites is 1. The molecule has 0 spiro atoms. The molecular formula is C23H28N2O4S. The predicted octanol–water partition coefficient (Wildman–Crippen LogP) is 3.47. The first-order valence-electron chi connectivity index (χ1n) is 10.6. The Morgan fingerprint density at radius 3 is 2.47 bits per heavy atom. The van der Waals surface area contributed by atoms with Crippen molar-refractivity contribution in [1.29, 1.82) is 0 Å². The van der Waals surface area contributed by atoms with Crippen LogP contribution in [0.2, 0.25) is 0 Å². The lowest BCUT2D eigenvalue weighted by Crippen LogP contribution is -2.40. The van der Waals surface area contributed by atoms with Gasteiger partial charge >= 0.3 is 0 Å². The number of fused-ring (bicyclic) bond motifs is 1. The van der Waals surface area contributed by atoms with Gasteiger partial charge in [-0.25, -0.2) is 8.42 Å². The highest BCUT2D eigenvalue weighted by Crippen LogP contribution is 2.32. The zero-order chi connectivity index (χ0) is 21.1. The maximum absolute atomic E-state index is 13.2. The Hall–Kier alpha value is -2.54. The van der Waals surface area contributed by atoms with Gasteiger partial charge in [0.1, 0.15) is 5.75 Å². The molecule has 30 heavy (non-hydrogen) atoms. The van der Waals surface area contributed by atoms with Crippen LogP contribution in [-0.4, -0.2) is 45.5 Å². The third kappa shape index (κ3) is 4.31. The minimum Gasteiger partial charge on any atom is -0.484 e. The first-order valence-corrected chi connectivity index (χ1v) is 12.0. The highest BCUT2D eigenvalue weighted by atomic mass is 32.2. The topological polar surface area (TPSA) is 66.9 Å². The van der Waals surface area contributed by atoms with E-state index in [1.165, 1.54) is 4.31 Å². The Morgan fingerprint density at radius 1 is 1.03 bits per heavy atom.